The molecular formula is C17H26Cl2N2O4S. The third-order valence-corrected chi connectivity index (χ3v) is 7.56. The Balaban J connectivity index is 0.00000243. The average molecular weight is 425 g/mol. The highest BCUT2D eigenvalue weighted by Gasteiger charge is 2.50. The highest BCUT2D eigenvalue weighted by atomic mass is 35.5. The lowest BCUT2D eigenvalue weighted by Gasteiger charge is -2.38. The van der Waals surface area contributed by atoms with Gasteiger partial charge in [0.15, 0.2) is 0 Å². The molecule has 6 nitrogen and oxygen atoms in total. The summed E-state index contributed by atoms with van der Waals surface area (Å²) in [5.74, 6) is 0.513. The Labute approximate surface area is 166 Å². The highest BCUT2D eigenvalue weighted by molar-refractivity contribution is 7.89. The molecule has 148 valence electrons. The summed E-state index contributed by atoms with van der Waals surface area (Å²) in [5, 5.41) is 3.74. The van der Waals surface area contributed by atoms with E-state index in [1.807, 2.05) is 0 Å². The first-order valence-electron chi connectivity index (χ1n) is 8.46. The van der Waals surface area contributed by atoms with Crippen molar-refractivity contribution in [1.82, 2.24) is 9.62 Å². The van der Waals surface area contributed by atoms with E-state index < -0.39 is 10.0 Å². The monoisotopic (exact) mass is 424 g/mol. The molecule has 2 fully saturated rings. The van der Waals surface area contributed by atoms with Gasteiger partial charge in [-0.25, -0.2) is 8.42 Å². The van der Waals surface area contributed by atoms with Gasteiger partial charge < -0.3 is 14.8 Å². The van der Waals surface area contributed by atoms with Crippen LogP contribution < -0.4 is 10.1 Å². The Hall–Kier alpha value is -0.570. The first-order valence-corrected chi connectivity index (χ1v) is 10.3. The number of hydrogen-bond donors (Lipinski definition) is 1. The predicted molar refractivity (Wildman–Crippen MR) is 104 cm³/mol. The second-order valence-electron chi connectivity index (χ2n) is 6.86. The van der Waals surface area contributed by atoms with E-state index in [-0.39, 0.29) is 28.6 Å². The fourth-order valence-electron chi connectivity index (χ4n) is 4.08. The lowest BCUT2D eigenvalue weighted by atomic mass is 9.71. The molecule has 0 aromatic heterocycles. The Morgan fingerprint density at radius 1 is 1.31 bits per heavy atom. The van der Waals surface area contributed by atoms with Crippen molar-refractivity contribution in [2.24, 2.45) is 11.3 Å². The van der Waals surface area contributed by atoms with Crippen LogP contribution in [0.1, 0.15) is 12.8 Å². The second kappa shape index (κ2) is 8.63. The Morgan fingerprint density at radius 2 is 2.00 bits per heavy atom. The predicted octanol–water partition coefficient (Wildman–Crippen LogP) is 2.41. The van der Waals surface area contributed by atoms with Gasteiger partial charge in [0.05, 0.1) is 13.7 Å². The Kier molecular flexibility index (Phi) is 7.21. The molecule has 3 rings (SSSR count). The lowest BCUT2D eigenvalue weighted by Crippen LogP contribution is -2.43. The zero-order chi connectivity index (χ0) is 18.1. The normalized spacial score (nSPS) is 23.0. The summed E-state index contributed by atoms with van der Waals surface area (Å²) in [7, 11) is -0.544. The van der Waals surface area contributed by atoms with E-state index in [0.29, 0.717) is 30.5 Å². The molecular weight excluding hydrogens is 399 g/mol. The first-order chi connectivity index (χ1) is 11.9. The van der Waals surface area contributed by atoms with E-state index in [1.165, 1.54) is 13.2 Å². The van der Waals surface area contributed by atoms with Crippen LogP contribution in [-0.2, 0) is 14.8 Å². The molecule has 1 atom stereocenters. The fraction of sp³-hybridized carbons (Fsp3) is 0.647. The van der Waals surface area contributed by atoms with Crippen LogP contribution in [0.5, 0.6) is 5.75 Å². The van der Waals surface area contributed by atoms with Crippen molar-refractivity contribution < 1.29 is 17.9 Å². The molecule has 0 bridgehead atoms. The summed E-state index contributed by atoms with van der Waals surface area (Å²) in [5.41, 5.74) is -0.0276. The van der Waals surface area contributed by atoms with Gasteiger partial charge in [-0.2, -0.15) is 4.31 Å². The summed E-state index contributed by atoms with van der Waals surface area (Å²) in [6.45, 7) is 3.37. The van der Waals surface area contributed by atoms with Crippen LogP contribution in [0, 0.1) is 11.3 Å². The molecule has 0 radical (unpaired) electrons. The smallest absolute Gasteiger partial charge is 0.246 e. The number of hydrogen-bond acceptors (Lipinski definition) is 5. The maximum absolute atomic E-state index is 13.3. The van der Waals surface area contributed by atoms with Gasteiger partial charge in [0.2, 0.25) is 10.0 Å². The molecule has 1 N–H and O–H groups in total. The van der Waals surface area contributed by atoms with Crippen LogP contribution in [0.15, 0.2) is 23.1 Å². The Bertz CT molecular complexity index is 723. The van der Waals surface area contributed by atoms with Crippen LogP contribution in [0.4, 0.5) is 0 Å². The first kappa shape index (κ1) is 21.7. The SMILES string of the molecule is COCC1CN(S(=O)(=O)c2cc(Cl)ccc2OC)CC12CCNCC2.Cl. The number of nitrogens with one attached hydrogen (secondary N) is 1. The number of nitrogens with zero attached hydrogens (tertiary/aromatic N) is 1. The molecule has 26 heavy (non-hydrogen) atoms. The second-order valence-corrected chi connectivity index (χ2v) is 9.20. The van der Waals surface area contributed by atoms with Crippen LogP contribution in [0.3, 0.4) is 0 Å². The quantitative estimate of drug-likeness (QED) is 0.785. The minimum atomic E-state index is -3.68. The highest BCUT2D eigenvalue weighted by Crippen LogP contribution is 2.45. The minimum Gasteiger partial charge on any atom is -0.495 e. The Morgan fingerprint density at radius 3 is 2.62 bits per heavy atom. The van der Waals surface area contributed by atoms with E-state index in [4.69, 9.17) is 21.1 Å². The molecule has 2 saturated heterocycles. The molecule has 0 aliphatic carbocycles. The maximum Gasteiger partial charge on any atom is 0.246 e. The van der Waals surface area contributed by atoms with E-state index in [1.54, 1.807) is 23.5 Å². The van der Waals surface area contributed by atoms with Crippen LogP contribution in [-0.4, -0.2) is 59.7 Å². The van der Waals surface area contributed by atoms with Crippen molar-refractivity contribution >= 4 is 34.0 Å². The molecule has 1 spiro atoms. The fourth-order valence-corrected chi connectivity index (χ4v) is 6.08. The summed E-state index contributed by atoms with van der Waals surface area (Å²) in [6, 6.07) is 4.69. The number of methoxy groups -OCH3 is 2. The molecule has 0 saturated carbocycles. The van der Waals surface area contributed by atoms with Crippen molar-refractivity contribution in [3.63, 3.8) is 0 Å². The van der Waals surface area contributed by atoms with Crippen molar-refractivity contribution in [2.45, 2.75) is 17.7 Å². The summed E-state index contributed by atoms with van der Waals surface area (Å²) in [6.07, 6.45) is 1.92. The van der Waals surface area contributed by atoms with Crippen LogP contribution in [0.25, 0.3) is 0 Å². The summed E-state index contributed by atoms with van der Waals surface area (Å²) in [4.78, 5) is 0.129. The number of halogens is 2. The number of ether oxygens (including phenoxy) is 2. The maximum atomic E-state index is 13.3. The van der Waals surface area contributed by atoms with E-state index in [2.05, 4.69) is 5.32 Å². The zero-order valence-corrected chi connectivity index (χ0v) is 17.4. The standard InChI is InChI=1S/C17H25ClN2O4S.ClH/c1-23-11-13-10-20(12-17(13)5-7-19-8-6-17)25(21,22)16-9-14(18)3-4-15(16)24-2;/h3-4,9,13,19H,5-8,10-12H2,1-2H3;1H. The molecule has 1 aromatic carbocycles. The average Bonchev–Trinajstić information content (AvgIpc) is 2.94. The third-order valence-electron chi connectivity index (χ3n) is 5.49. The van der Waals surface area contributed by atoms with Gasteiger partial charge in [-0.1, -0.05) is 11.6 Å². The van der Waals surface area contributed by atoms with E-state index in [9.17, 15) is 8.42 Å². The van der Waals surface area contributed by atoms with Crippen molar-refractivity contribution in [3.05, 3.63) is 23.2 Å². The summed E-state index contributed by atoms with van der Waals surface area (Å²) >= 11 is 6.04. The number of rotatable bonds is 5. The molecule has 2 aliphatic heterocycles. The van der Waals surface area contributed by atoms with Gasteiger partial charge in [-0.15, -0.1) is 12.4 Å². The van der Waals surface area contributed by atoms with Crippen molar-refractivity contribution in [2.75, 3.05) is 47.0 Å². The number of sulfonamides is 1. The van der Waals surface area contributed by atoms with Crippen LogP contribution >= 0.6 is 24.0 Å². The van der Waals surface area contributed by atoms with Crippen LogP contribution in [0.2, 0.25) is 5.02 Å². The van der Waals surface area contributed by atoms with Gasteiger partial charge in [0.1, 0.15) is 10.6 Å². The van der Waals surface area contributed by atoms with Gasteiger partial charge in [-0.05, 0) is 49.5 Å². The number of piperidine rings is 1. The lowest BCUT2D eigenvalue weighted by molar-refractivity contribution is 0.0718. The van der Waals surface area contributed by atoms with E-state index in [0.717, 1.165) is 25.9 Å². The van der Waals surface area contributed by atoms with Gasteiger partial charge in [0, 0.05) is 31.1 Å². The minimum absolute atomic E-state index is 0. The van der Waals surface area contributed by atoms with E-state index >= 15 is 0 Å². The summed E-state index contributed by atoms with van der Waals surface area (Å²) < 4.78 is 38.8. The molecule has 9 heteroatoms. The van der Waals surface area contributed by atoms with Gasteiger partial charge in [0.25, 0.3) is 0 Å². The topological polar surface area (TPSA) is 67.9 Å². The third kappa shape index (κ3) is 3.98. The molecule has 2 aliphatic rings. The molecule has 0 amide bonds. The number of benzene rings is 1. The zero-order valence-electron chi connectivity index (χ0n) is 15.0. The molecule has 1 aromatic rings. The van der Waals surface area contributed by atoms with Gasteiger partial charge in [-0.3, -0.25) is 0 Å². The largest absolute Gasteiger partial charge is 0.495 e. The van der Waals surface area contributed by atoms with Crippen molar-refractivity contribution in [3.8, 4) is 5.75 Å². The van der Waals surface area contributed by atoms with Gasteiger partial charge >= 0.3 is 0 Å². The van der Waals surface area contributed by atoms with Crippen molar-refractivity contribution in [1.29, 1.82) is 0 Å². The molecule has 2 heterocycles. The molecule has 1 unspecified atom stereocenters.